The summed E-state index contributed by atoms with van der Waals surface area (Å²) < 4.78 is 10.6. The fraction of sp³-hybridized carbons (Fsp3) is 0.200. The minimum Gasteiger partial charge on any atom is -0.493 e. The molecule has 2 amide bonds. The van der Waals surface area contributed by atoms with Crippen molar-refractivity contribution in [3.63, 3.8) is 0 Å². The van der Waals surface area contributed by atoms with Crippen LogP contribution in [-0.4, -0.2) is 32.6 Å². The molecule has 0 saturated carbocycles. The minimum absolute atomic E-state index is 0.156. The molecule has 7 heteroatoms. The number of anilines is 1. The molecule has 1 unspecified atom stereocenters. The Morgan fingerprint density at radius 2 is 1.69 bits per heavy atom. The van der Waals surface area contributed by atoms with E-state index in [9.17, 15) is 9.59 Å². The van der Waals surface area contributed by atoms with E-state index in [0.29, 0.717) is 46.3 Å². The van der Waals surface area contributed by atoms with E-state index in [4.69, 9.17) is 21.1 Å². The van der Waals surface area contributed by atoms with Gasteiger partial charge in [0.15, 0.2) is 11.5 Å². The van der Waals surface area contributed by atoms with Gasteiger partial charge in [0.25, 0.3) is 11.8 Å². The summed E-state index contributed by atoms with van der Waals surface area (Å²) in [6.45, 7) is 0.431. The summed E-state index contributed by atoms with van der Waals surface area (Å²) in [6.07, 6.45) is 0.576. The quantitative estimate of drug-likeness (QED) is 0.601. The lowest BCUT2D eigenvalue weighted by Gasteiger charge is -2.35. The standard InChI is InChI=1S/C25H23ClN2O4/c1-31-22-11-8-17(14-23(22)32-2)25(30)28-13-12-20(19-10-9-18(26)15-21(19)28)27-24(29)16-6-4-3-5-7-16/h3-11,14-15,20H,12-13H2,1-2H3,(H,27,29). The van der Waals surface area contributed by atoms with E-state index < -0.39 is 0 Å². The number of methoxy groups -OCH3 is 2. The fourth-order valence-corrected chi connectivity index (χ4v) is 4.06. The molecule has 164 valence electrons. The second kappa shape index (κ2) is 9.32. The number of hydrogen-bond donors (Lipinski definition) is 1. The van der Waals surface area contributed by atoms with Crippen LogP contribution < -0.4 is 19.7 Å². The van der Waals surface area contributed by atoms with Gasteiger partial charge in [-0.05, 0) is 54.4 Å². The monoisotopic (exact) mass is 450 g/mol. The number of benzene rings is 3. The molecule has 0 fully saturated rings. The van der Waals surface area contributed by atoms with Gasteiger partial charge in [-0.1, -0.05) is 35.9 Å². The summed E-state index contributed by atoms with van der Waals surface area (Å²) in [5.41, 5.74) is 2.59. The van der Waals surface area contributed by atoms with Crippen molar-refractivity contribution in [1.29, 1.82) is 0 Å². The zero-order valence-electron chi connectivity index (χ0n) is 17.8. The SMILES string of the molecule is COc1ccc(C(=O)N2CCC(NC(=O)c3ccccc3)c3ccc(Cl)cc32)cc1OC. The average Bonchev–Trinajstić information content (AvgIpc) is 2.83. The molecule has 0 spiro atoms. The van der Waals surface area contributed by atoms with E-state index in [2.05, 4.69) is 5.32 Å². The van der Waals surface area contributed by atoms with Gasteiger partial charge in [0.1, 0.15) is 0 Å². The number of rotatable bonds is 5. The Kier molecular flexibility index (Phi) is 6.32. The Labute approximate surface area is 191 Å². The molecule has 0 aliphatic carbocycles. The second-order valence-corrected chi connectivity index (χ2v) is 7.85. The summed E-state index contributed by atoms with van der Waals surface area (Å²) in [6, 6.07) is 19.3. The van der Waals surface area contributed by atoms with Gasteiger partial charge in [-0.3, -0.25) is 9.59 Å². The number of ether oxygens (including phenoxy) is 2. The van der Waals surface area contributed by atoms with Crippen LogP contribution in [0.25, 0.3) is 0 Å². The minimum atomic E-state index is -0.232. The number of amides is 2. The van der Waals surface area contributed by atoms with Crippen molar-refractivity contribution in [3.05, 3.63) is 88.4 Å². The predicted octanol–water partition coefficient (Wildman–Crippen LogP) is 4.88. The molecular formula is C25H23ClN2O4. The third-order valence-corrected chi connectivity index (χ3v) is 5.75. The topological polar surface area (TPSA) is 67.9 Å². The normalized spacial score (nSPS) is 15.0. The third-order valence-electron chi connectivity index (χ3n) is 5.52. The first-order valence-electron chi connectivity index (χ1n) is 10.2. The molecule has 0 aromatic heterocycles. The van der Waals surface area contributed by atoms with Crippen LogP contribution in [0.5, 0.6) is 11.5 Å². The van der Waals surface area contributed by atoms with Crippen molar-refractivity contribution < 1.29 is 19.1 Å². The van der Waals surface area contributed by atoms with Crippen LogP contribution in [0, 0.1) is 0 Å². The molecule has 3 aromatic rings. The Bertz CT molecular complexity index is 1150. The van der Waals surface area contributed by atoms with Crippen LogP contribution in [0.4, 0.5) is 5.69 Å². The van der Waals surface area contributed by atoms with E-state index in [1.165, 1.54) is 7.11 Å². The number of hydrogen-bond acceptors (Lipinski definition) is 4. The summed E-state index contributed by atoms with van der Waals surface area (Å²) >= 11 is 6.27. The Hall–Kier alpha value is -3.51. The number of carbonyl (C=O) groups excluding carboxylic acids is 2. The summed E-state index contributed by atoms with van der Waals surface area (Å²) in [5.74, 6) is 0.697. The number of nitrogens with zero attached hydrogens (tertiary/aromatic N) is 1. The Morgan fingerprint density at radius 1 is 0.938 bits per heavy atom. The molecule has 6 nitrogen and oxygen atoms in total. The number of halogens is 1. The first-order valence-corrected chi connectivity index (χ1v) is 10.6. The van der Waals surface area contributed by atoms with Crippen molar-refractivity contribution in [2.75, 3.05) is 25.7 Å². The van der Waals surface area contributed by atoms with E-state index in [-0.39, 0.29) is 17.9 Å². The molecule has 1 heterocycles. The van der Waals surface area contributed by atoms with Gasteiger partial charge in [-0.2, -0.15) is 0 Å². The van der Waals surface area contributed by atoms with Crippen molar-refractivity contribution in [2.24, 2.45) is 0 Å². The third kappa shape index (κ3) is 4.27. The molecule has 0 bridgehead atoms. The predicted molar refractivity (Wildman–Crippen MR) is 124 cm³/mol. The molecule has 1 aliphatic heterocycles. The highest BCUT2D eigenvalue weighted by molar-refractivity contribution is 6.31. The molecule has 32 heavy (non-hydrogen) atoms. The summed E-state index contributed by atoms with van der Waals surface area (Å²) in [5, 5.41) is 3.60. The highest BCUT2D eigenvalue weighted by Gasteiger charge is 2.31. The number of carbonyl (C=O) groups is 2. The Balaban J connectivity index is 1.64. The van der Waals surface area contributed by atoms with Crippen LogP contribution in [0.1, 0.15) is 38.7 Å². The van der Waals surface area contributed by atoms with Crippen molar-refractivity contribution in [2.45, 2.75) is 12.5 Å². The van der Waals surface area contributed by atoms with Gasteiger partial charge in [0.05, 0.1) is 25.9 Å². The first kappa shape index (κ1) is 21.7. The van der Waals surface area contributed by atoms with E-state index in [1.807, 2.05) is 24.3 Å². The highest BCUT2D eigenvalue weighted by atomic mass is 35.5. The van der Waals surface area contributed by atoms with Crippen molar-refractivity contribution in [1.82, 2.24) is 5.32 Å². The zero-order valence-corrected chi connectivity index (χ0v) is 18.6. The van der Waals surface area contributed by atoms with Crippen LogP contribution in [-0.2, 0) is 0 Å². The molecular weight excluding hydrogens is 428 g/mol. The average molecular weight is 451 g/mol. The lowest BCUT2D eigenvalue weighted by molar-refractivity contribution is 0.0933. The van der Waals surface area contributed by atoms with Gasteiger partial charge < -0.3 is 19.7 Å². The smallest absolute Gasteiger partial charge is 0.258 e. The Morgan fingerprint density at radius 3 is 2.41 bits per heavy atom. The van der Waals surface area contributed by atoms with Gasteiger partial charge in [-0.25, -0.2) is 0 Å². The van der Waals surface area contributed by atoms with Crippen LogP contribution in [0.2, 0.25) is 5.02 Å². The van der Waals surface area contributed by atoms with Crippen LogP contribution >= 0.6 is 11.6 Å². The molecule has 1 N–H and O–H groups in total. The molecule has 4 rings (SSSR count). The second-order valence-electron chi connectivity index (χ2n) is 7.41. The van der Waals surface area contributed by atoms with Gasteiger partial charge >= 0.3 is 0 Å². The first-order chi connectivity index (χ1) is 15.5. The largest absolute Gasteiger partial charge is 0.493 e. The van der Waals surface area contributed by atoms with Gasteiger partial charge in [0, 0.05) is 22.7 Å². The van der Waals surface area contributed by atoms with Gasteiger partial charge in [0.2, 0.25) is 0 Å². The van der Waals surface area contributed by atoms with Crippen LogP contribution in [0.3, 0.4) is 0 Å². The maximum Gasteiger partial charge on any atom is 0.258 e. The molecule has 1 atom stereocenters. The zero-order chi connectivity index (χ0) is 22.7. The van der Waals surface area contributed by atoms with E-state index >= 15 is 0 Å². The maximum absolute atomic E-state index is 13.4. The lowest BCUT2D eigenvalue weighted by Crippen LogP contribution is -2.41. The van der Waals surface area contributed by atoms with E-state index in [0.717, 1.165) is 5.56 Å². The maximum atomic E-state index is 13.4. The summed E-state index contributed by atoms with van der Waals surface area (Å²) in [7, 11) is 3.08. The van der Waals surface area contributed by atoms with Crippen LogP contribution in [0.15, 0.2) is 66.7 Å². The fourth-order valence-electron chi connectivity index (χ4n) is 3.90. The molecule has 1 aliphatic rings. The number of nitrogens with one attached hydrogen (secondary N) is 1. The molecule has 3 aromatic carbocycles. The lowest BCUT2D eigenvalue weighted by atomic mass is 9.95. The summed E-state index contributed by atoms with van der Waals surface area (Å²) in [4.78, 5) is 27.8. The van der Waals surface area contributed by atoms with Gasteiger partial charge in [-0.15, -0.1) is 0 Å². The highest BCUT2D eigenvalue weighted by Crippen LogP contribution is 2.37. The molecule has 0 radical (unpaired) electrons. The van der Waals surface area contributed by atoms with E-state index in [1.54, 1.807) is 54.5 Å². The molecule has 0 saturated heterocycles. The van der Waals surface area contributed by atoms with Crippen molar-refractivity contribution in [3.8, 4) is 11.5 Å². The van der Waals surface area contributed by atoms with Crippen molar-refractivity contribution >= 4 is 29.1 Å². The number of fused-ring (bicyclic) bond motifs is 1.